The molecule has 1 unspecified atom stereocenters. The van der Waals surface area contributed by atoms with Gasteiger partial charge in [-0.2, -0.15) is 0 Å². The normalized spacial score (nSPS) is 10.0. The van der Waals surface area contributed by atoms with E-state index in [2.05, 4.69) is 4.52 Å². The monoisotopic (exact) mass is 184 g/mol. The standard InChI is InChI=1S/C4H11NO.CH3O3P/c1-6-4-2-3-5;1-4-5(2)3/h2-5H2,1H3;1H3/p+1. The van der Waals surface area contributed by atoms with Crippen molar-refractivity contribution in [3.63, 3.8) is 0 Å². The lowest BCUT2D eigenvalue weighted by Crippen LogP contribution is -2.01. The summed E-state index contributed by atoms with van der Waals surface area (Å²) >= 11 is 0. The molecule has 0 rings (SSSR count). The molecule has 0 amide bonds. The first kappa shape index (κ1) is 13.5. The van der Waals surface area contributed by atoms with E-state index in [1.54, 1.807) is 7.11 Å². The molecule has 0 aliphatic rings. The fourth-order valence-electron chi connectivity index (χ4n) is 0.228. The van der Waals surface area contributed by atoms with Crippen molar-refractivity contribution in [1.29, 1.82) is 0 Å². The lowest BCUT2D eigenvalue weighted by atomic mass is 10.5. The van der Waals surface area contributed by atoms with Crippen LogP contribution in [-0.2, 0) is 13.8 Å². The van der Waals surface area contributed by atoms with E-state index < -0.39 is 8.25 Å². The fraction of sp³-hybridized carbons (Fsp3) is 1.00. The lowest BCUT2D eigenvalue weighted by molar-refractivity contribution is 0.197. The summed E-state index contributed by atoms with van der Waals surface area (Å²) in [5.41, 5.74) is 5.13. The van der Waals surface area contributed by atoms with Gasteiger partial charge in [-0.05, 0) is 13.0 Å². The second-order valence-corrected chi connectivity index (χ2v) is 2.40. The Balaban J connectivity index is 0. The third kappa shape index (κ3) is 25.7. The van der Waals surface area contributed by atoms with Gasteiger partial charge in [-0.3, -0.25) is 0 Å². The minimum absolute atomic E-state index is 0.730. The van der Waals surface area contributed by atoms with Crippen molar-refractivity contribution in [3.8, 4) is 0 Å². The fourth-order valence-corrected chi connectivity index (χ4v) is 0.228. The SMILES string of the molecule is COCCCN.CO[P+](=O)O. The molecule has 11 heavy (non-hydrogen) atoms. The van der Waals surface area contributed by atoms with Gasteiger partial charge in [-0.1, -0.05) is 0 Å². The van der Waals surface area contributed by atoms with Crippen LogP contribution in [0.2, 0.25) is 0 Å². The Morgan fingerprint density at radius 1 is 1.55 bits per heavy atom. The summed E-state index contributed by atoms with van der Waals surface area (Å²) in [5.74, 6) is 0. The molecule has 3 N–H and O–H groups in total. The summed E-state index contributed by atoms with van der Waals surface area (Å²) in [7, 11) is 0.493. The van der Waals surface area contributed by atoms with Crippen LogP contribution in [0.1, 0.15) is 6.42 Å². The summed E-state index contributed by atoms with van der Waals surface area (Å²) in [5, 5.41) is 0. The highest BCUT2D eigenvalue weighted by Crippen LogP contribution is 2.09. The highest BCUT2D eigenvalue weighted by molar-refractivity contribution is 7.32. The maximum absolute atomic E-state index is 9.29. The second kappa shape index (κ2) is 12.6. The minimum Gasteiger partial charge on any atom is -0.385 e. The number of hydrogen-bond donors (Lipinski definition) is 2. The third-order valence-electron chi connectivity index (χ3n) is 0.709. The molecule has 5 nitrogen and oxygen atoms in total. The van der Waals surface area contributed by atoms with Gasteiger partial charge < -0.3 is 10.5 Å². The van der Waals surface area contributed by atoms with Crippen molar-refractivity contribution in [3.05, 3.63) is 0 Å². The van der Waals surface area contributed by atoms with E-state index >= 15 is 0 Å². The molecule has 0 aromatic carbocycles. The Labute approximate surface area is 67.4 Å². The van der Waals surface area contributed by atoms with Crippen LogP contribution in [0, 0.1) is 0 Å². The molecule has 0 saturated carbocycles. The summed E-state index contributed by atoms with van der Waals surface area (Å²) in [4.78, 5) is 7.65. The number of rotatable bonds is 4. The first-order valence-corrected chi connectivity index (χ1v) is 4.21. The molecule has 6 heteroatoms. The van der Waals surface area contributed by atoms with Gasteiger partial charge in [0.05, 0.1) is 7.11 Å². The molecule has 0 spiro atoms. The number of ether oxygens (including phenoxy) is 1. The molecule has 0 saturated heterocycles. The zero-order chi connectivity index (χ0) is 9.11. The largest absolute Gasteiger partial charge is 0.694 e. The van der Waals surface area contributed by atoms with Crippen molar-refractivity contribution in [1.82, 2.24) is 0 Å². The molecule has 0 aromatic heterocycles. The van der Waals surface area contributed by atoms with Crippen molar-refractivity contribution in [2.24, 2.45) is 5.73 Å². The van der Waals surface area contributed by atoms with Crippen molar-refractivity contribution >= 4 is 8.25 Å². The van der Waals surface area contributed by atoms with E-state index in [1.165, 1.54) is 7.11 Å². The van der Waals surface area contributed by atoms with Crippen molar-refractivity contribution in [2.75, 3.05) is 27.4 Å². The maximum Gasteiger partial charge on any atom is 0.694 e. The summed E-state index contributed by atoms with van der Waals surface area (Å²) in [6.07, 6.45) is 0.969. The van der Waals surface area contributed by atoms with Crippen LogP contribution in [0.25, 0.3) is 0 Å². The molecule has 0 radical (unpaired) electrons. The molecule has 0 bridgehead atoms. The lowest BCUT2D eigenvalue weighted by Gasteiger charge is -1.89. The van der Waals surface area contributed by atoms with Gasteiger partial charge in [0, 0.05) is 18.3 Å². The van der Waals surface area contributed by atoms with E-state index in [0.717, 1.165) is 19.6 Å². The van der Waals surface area contributed by atoms with Gasteiger partial charge in [0.1, 0.15) is 0 Å². The molecule has 0 aromatic rings. The summed E-state index contributed by atoms with van der Waals surface area (Å²) in [6, 6.07) is 0. The number of methoxy groups -OCH3 is 1. The Bertz CT molecular complexity index is 86.6. The van der Waals surface area contributed by atoms with Crippen LogP contribution in [0.4, 0.5) is 0 Å². The molecule has 0 heterocycles. The van der Waals surface area contributed by atoms with E-state index in [1.807, 2.05) is 0 Å². The first-order chi connectivity index (χ1) is 5.18. The van der Waals surface area contributed by atoms with Crippen LogP contribution < -0.4 is 5.73 Å². The van der Waals surface area contributed by atoms with Gasteiger partial charge in [0.2, 0.25) is 0 Å². The van der Waals surface area contributed by atoms with Gasteiger partial charge in [0.15, 0.2) is 0 Å². The van der Waals surface area contributed by atoms with Gasteiger partial charge in [-0.15, -0.1) is 9.42 Å². The van der Waals surface area contributed by atoms with Gasteiger partial charge >= 0.3 is 8.25 Å². The second-order valence-electron chi connectivity index (χ2n) is 1.56. The topological polar surface area (TPSA) is 81.8 Å². The highest BCUT2D eigenvalue weighted by Gasteiger charge is 2.02. The Kier molecular flexibility index (Phi) is 15.5. The first-order valence-electron chi connectivity index (χ1n) is 3.08. The van der Waals surface area contributed by atoms with Crippen molar-refractivity contribution < 1.29 is 18.7 Å². The minimum atomic E-state index is -2.35. The molecule has 0 aliphatic carbocycles. The molecule has 0 fully saturated rings. The highest BCUT2D eigenvalue weighted by atomic mass is 31.1. The molecular formula is C5H15NO4P+. The van der Waals surface area contributed by atoms with E-state index in [4.69, 9.17) is 15.4 Å². The van der Waals surface area contributed by atoms with Gasteiger partial charge in [-0.25, -0.2) is 0 Å². The van der Waals surface area contributed by atoms with E-state index in [0.29, 0.717) is 0 Å². The van der Waals surface area contributed by atoms with Crippen LogP contribution in [0.15, 0.2) is 0 Å². The Morgan fingerprint density at radius 3 is 2.09 bits per heavy atom. The zero-order valence-corrected chi connectivity index (χ0v) is 7.71. The van der Waals surface area contributed by atoms with E-state index in [9.17, 15) is 4.57 Å². The van der Waals surface area contributed by atoms with E-state index in [-0.39, 0.29) is 0 Å². The Morgan fingerprint density at radius 2 is 2.00 bits per heavy atom. The summed E-state index contributed by atoms with van der Waals surface area (Å²) in [6.45, 7) is 1.52. The number of nitrogens with two attached hydrogens (primary N) is 1. The smallest absolute Gasteiger partial charge is 0.385 e. The predicted molar refractivity (Wildman–Crippen MR) is 42.4 cm³/mol. The van der Waals surface area contributed by atoms with Crippen LogP contribution in [-0.4, -0.2) is 32.3 Å². The molecule has 1 atom stereocenters. The van der Waals surface area contributed by atoms with Gasteiger partial charge in [0.25, 0.3) is 0 Å². The quantitative estimate of drug-likeness (QED) is 0.484. The predicted octanol–water partition coefficient (Wildman–Crippen LogP) is 0.264. The average Bonchev–Trinajstić information content (AvgIpc) is 2.02. The molecular weight excluding hydrogens is 169 g/mol. The zero-order valence-electron chi connectivity index (χ0n) is 6.82. The molecule has 68 valence electrons. The van der Waals surface area contributed by atoms with Crippen LogP contribution in [0.3, 0.4) is 0 Å². The Hall–Kier alpha value is -0.0600. The third-order valence-corrected chi connectivity index (χ3v) is 1.02. The number of hydrogen-bond acceptors (Lipinski definition) is 4. The van der Waals surface area contributed by atoms with Crippen molar-refractivity contribution in [2.45, 2.75) is 6.42 Å². The molecule has 0 aliphatic heterocycles. The maximum atomic E-state index is 9.29. The average molecular weight is 184 g/mol. The van der Waals surface area contributed by atoms with Crippen LogP contribution >= 0.6 is 8.25 Å². The van der Waals surface area contributed by atoms with Crippen LogP contribution in [0.5, 0.6) is 0 Å². The summed E-state index contributed by atoms with van der Waals surface area (Å²) < 4.78 is 17.8.